The van der Waals surface area contributed by atoms with Crippen LogP contribution in [0.3, 0.4) is 0 Å². The first-order chi connectivity index (χ1) is 7.09. The molecule has 0 aromatic heterocycles. The van der Waals surface area contributed by atoms with Crippen LogP contribution in [0.4, 0.5) is 0 Å². The standard InChI is InChI=1S/C12H15Cl2N/c1-7-6-11(7)15-8(2)9-4-3-5-10(13)12(9)14/h3-5,7-8,11,15H,6H2,1-2H3. The van der Waals surface area contributed by atoms with Gasteiger partial charge in [-0.3, -0.25) is 0 Å². The summed E-state index contributed by atoms with van der Waals surface area (Å²) < 4.78 is 0. The third-order valence-electron chi connectivity index (χ3n) is 3.02. The molecule has 82 valence electrons. The van der Waals surface area contributed by atoms with E-state index in [0.29, 0.717) is 16.1 Å². The van der Waals surface area contributed by atoms with E-state index >= 15 is 0 Å². The molecule has 0 radical (unpaired) electrons. The second kappa shape index (κ2) is 4.32. The van der Waals surface area contributed by atoms with Gasteiger partial charge in [-0.15, -0.1) is 0 Å². The Hall–Kier alpha value is -0.240. The quantitative estimate of drug-likeness (QED) is 0.845. The number of hydrogen-bond acceptors (Lipinski definition) is 1. The summed E-state index contributed by atoms with van der Waals surface area (Å²) in [7, 11) is 0. The van der Waals surface area contributed by atoms with E-state index in [1.165, 1.54) is 6.42 Å². The van der Waals surface area contributed by atoms with Crippen LogP contribution in [0, 0.1) is 5.92 Å². The van der Waals surface area contributed by atoms with Crippen molar-refractivity contribution in [2.24, 2.45) is 5.92 Å². The number of rotatable bonds is 3. The minimum absolute atomic E-state index is 0.270. The van der Waals surface area contributed by atoms with Crippen LogP contribution in [0.2, 0.25) is 10.0 Å². The fourth-order valence-electron chi connectivity index (χ4n) is 1.82. The highest BCUT2D eigenvalue weighted by Crippen LogP contribution is 2.34. The maximum Gasteiger partial charge on any atom is 0.0639 e. The first-order valence-corrected chi connectivity index (χ1v) is 6.05. The van der Waals surface area contributed by atoms with Crippen LogP contribution in [0.5, 0.6) is 0 Å². The topological polar surface area (TPSA) is 12.0 Å². The highest BCUT2D eigenvalue weighted by molar-refractivity contribution is 6.42. The molecule has 0 amide bonds. The van der Waals surface area contributed by atoms with Gasteiger partial charge in [-0.2, -0.15) is 0 Å². The lowest BCUT2D eigenvalue weighted by molar-refractivity contribution is 0.552. The summed E-state index contributed by atoms with van der Waals surface area (Å²) >= 11 is 12.1. The molecule has 0 spiro atoms. The Bertz CT molecular complexity index is 365. The van der Waals surface area contributed by atoms with E-state index in [9.17, 15) is 0 Å². The van der Waals surface area contributed by atoms with Crippen molar-refractivity contribution in [2.45, 2.75) is 32.4 Å². The minimum atomic E-state index is 0.270. The SMILES string of the molecule is CC(NC1CC1C)c1cccc(Cl)c1Cl. The number of hydrogen-bond donors (Lipinski definition) is 1. The molecule has 1 nitrogen and oxygen atoms in total. The fraction of sp³-hybridized carbons (Fsp3) is 0.500. The van der Waals surface area contributed by atoms with Gasteiger partial charge in [0.05, 0.1) is 10.0 Å². The Labute approximate surface area is 101 Å². The highest BCUT2D eigenvalue weighted by Gasteiger charge is 2.33. The van der Waals surface area contributed by atoms with Crippen molar-refractivity contribution in [3.05, 3.63) is 33.8 Å². The third-order valence-corrected chi connectivity index (χ3v) is 3.86. The summed E-state index contributed by atoms with van der Waals surface area (Å²) in [6, 6.07) is 6.71. The van der Waals surface area contributed by atoms with Crippen molar-refractivity contribution in [2.75, 3.05) is 0 Å². The van der Waals surface area contributed by atoms with Crippen LogP contribution in [-0.4, -0.2) is 6.04 Å². The van der Waals surface area contributed by atoms with E-state index in [1.807, 2.05) is 18.2 Å². The van der Waals surface area contributed by atoms with Gasteiger partial charge in [0.25, 0.3) is 0 Å². The summed E-state index contributed by atoms with van der Waals surface area (Å²) in [5, 5.41) is 4.85. The Morgan fingerprint density at radius 3 is 2.67 bits per heavy atom. The smallest absolute Gasteiger partial charge is 0.0639 e. The molecular formula is C12H15Cl2N. The van der Waals surface area contributed by atoms with Gasteiger partial charge in [0.15, 0.2) is 0 Å². The molecule has 3 unspecified atom stereocenters. The van der Waals surface area contributed by atoms with Crippen molar-refractivity contribution in [3.63, 3.8) is 0 Å². The summed E-state index contributed by atoms with van der Waals surface area (Å²) in [4.78, 5) is 0. The maximum absolute atomic E-state index is 6.16. The number of halogens is 2. The maximum atomic E-state index is 6.16. The zero-order valence-electron chi connectivity index (χ0n) is 8.93. The molecule has 1 N–H and O–H groups in total. The molecule has 1 aromatic rings. The molecule has 0 heterocycles. The molecular weight excluding hydrogens is 229 g/mol. The molecule has 3 atom stereocenters. The average Bonchev–Trinajstić information content (AvgIpc) is 2.86. The molecule has 15 heavy (non-hydrogen) atoms. The minimum Gasteiger partial charge on any atom is -0.307 e. The number of nitrogens with one attached hydrogen (secondary N) is 1. The lowest BCUT2D eigenvalue weighted by Crippen LogP contribution is -2.22. The lowest BCUT2D eigenvalue weighted by Gasteiger charge is -2.16. The van der Waals surface area contributed by atoms with Crippen LogP contribution >= 0.6 is 23.2 Å². The summed E-state index contributed by atoms with van der Waals surface area (Å²) in [6.07, 6.45) is 1.27. The van der Waals surface area contributed by atoms with E-state index in [-0.39, 0.29) is 6.04 Å². The molecule has 2 rings (SSSR count). The van der Waals surface area contributed by atoms with Gasteiger partial charge >= 0.3 is 0 Å². The van der Waals surface area contributed by atoms with Gasteiger partial charge in [-0.05, 0) is 30.9 Å². The Morgan fingerprint density at radius 2 is 2.07 bits per heavy atom. The van der Waals surface area contributed by atoms with Crippen molar-refractivity contribution in [1.82, 2.24) is 5.32 Å². The van der Waals surface area contributed by atoms with Crippen LogP contribution in [0.15, 0.2) is 18.2 Å². The molecule has 1 aliphatic rings. The zero-order valence-corrected chi connectivity index (χ0v) is 10.4. The summed E-state index contributed by atoms with van der Waals surface area (Å²) in [6.45, 7) is 4.38. The second-order valence-electron chi connectivity index (χ2n) is 4.35. The zero-order chi connectivity index (χ0) is 11.0. The van der Waals surface area contributed by atoms with Crippen molar-refractivity contribution in [3.8, 4) is 0 Å². The number of benzene rings is 1. The first-order valence-electron chi connectivity index (χ1n) is 5.29. The molecule has 1 saturated carbocycles. The molecule has 0 saturated heterocycles. The van der Waals surface area contributed by atoms with Crippen LogP contribution in [0.1, 0.15) is 31.9 Å². The van der Waals surface area contributed by atoms with Gasteiger partial charge in [-0.1, -0.05) is 42.3 Å². The molecule has 1 fully saturated rings. The van der Waals surface area contributed by atoms with Gasteiger partial charge < -0.3 is 5.32 Å². The van der Waals surface area contributed by atoms with Crippen LogP contribution in [-0.2, 0) is 0 Å². The van der Waals surface area contributed by atoms with E-state index in [0.717, 1.165) is 11.5 Å². The molecule has 3 heteroatoms. The normalized spacial score (nSPS) is 26.4. The third kappa shape index (κ3) is 2.47. The fourth-order valence-corrected chi connectivity index (χ4v) is 2.29. The van der Waals surface area contributed by atoms with Crippen molar-refractivity contribution in [1.29, 1.82) is 0 Å². The van der Waals surface area contributed by atoms with Gasteiger partial charge in [0.1, 0.15) is 0 Å². The second-order valence-corrected chi connectivity index (χ2v) is 5.14. The molecule has 1 aromatic carbocycles. The average molecular weight is 244 g/mol. The molecule has 0 aliphatic heterocycles. The first kappa shape index (κ1) is 11.3. The molecule has 0 bridgehead atoms. The predicted molar refractivity (Wildman–Crippen MR) is 65.6 cm³/mol. The van der Waals surface area contributed by atoms with Crippen molar-refractivity contribution >= 4 is 23.2 Å². The highest BCUT2D eigenvalue weighted by atomic mass is 35.5. The van der Waals surface area contributed by atoms with E-state index in [4.69, 9.17) is 23.2 Å². The van der Waals surface area contributed by atoms with Gasteiger partial charge in [0.2, 0.25) is 0 Å². The lowest BCUT2D eigenvalue weighted by atomic mass is 10.1. The van der Waals surface area contributed by atoms with Crippen LogP contribution < -0.4 is 5.32 Å². The van der Waals surface area contributed by atoms with E-state index in [1.54, 1.807) is 0 Å². The van der Waals surface area contributed by atoms with Crippen LogP contribution in [0.25, 0.3) is 0 Å². The van der Waals surface area contributed by atoms with Crippen molar-refractivity contribution < 1.29 is 0 Å². The summed E-state index contributed by atoms with van der Waals surface area (Å²) in [5.41, 5.74) is 1.09. The van der Waals surface area contributed by atoms with Gasteiger partial charge in [-0.25, -0.2) is 0 Å². The Morgan fingerprint density at radius 1 is 1.40 bits per heavy atom. The van der Waals surface area contributed by atoms with E-state index < -0.39 is 0 Å². The Balaban J connectivity index is 2.11. The van der Waals surface area contributed by atoms with Gasteiger partial charge in [0, 0.05) is 12.1 Å². The Kier molecular flexibility index (Phi) is 3.24. The van der Waals surface area contributed by atoms with E-state index in [2.05, 4.69) is 19.2 Å². The monoisotopic (exact) mass is 243 g/mol. The predicted octanol–water partition coefficient (Wildman–Crippen LogP) is 4.05. The summed E-state index contributed by atoms with van der Waals surface area (Å²) in [5.74, 6) is 0.797. The largest absolute Gasteiger partial charge is 0.307 e. The molecule has 1 aliphatic carbocycles.